The Bertz CT molecular complexity index is 715. The minimum atomic E-state index is 0.0906. The van der Waals surface area contributed by atoms with Gasteiger partial charge in [0.05, 0.1) is 6.04 Å². The highest BCUT2D eigenvalue weighted by Gasteiger charge is 2.14. The molecule has 3 rings (SSSR count). The first-order chi connectivity index (χ1) is 9.15. The van der Waals surface area contributed by atoms with Crippen LogP contribution < -0.4 is 5.32 Å². The second kappa shape index (κ2) is 4.38. The Labute approximate surface area is 110 Å². The smallest absolute Gasteiger partial charge is 0.203 e. The summed E-state index contributed by atoms with van der Waals surface area (Å²) in [6, 6.07) is 2.13. The third-order valence-electron chi connectivity index (χ3n) is 3.11. The van der Waals surface area contributed by atoms with Gasteiger partial charge in [0.25, 0.3) is 0 Å². The fraction of sp³-hybridized carbons (Fsp3) is 0.308. The van der Waals surface area contributed by atoms with Crippen molar-refractivity contribution >= 4 is 11.5 Å². The Hall–Kier alpha value is -2.37. The van der Waals surface area contributed by atoms with Crippen LogP contribution in [0.15, 0.2) is 29.2 Å². The highest BCUT2D eigenvalue weighted by Crippen LogP contribution is 2.25. The van der Waals surface area contributed by atoms with Crippen LogP contribution in [0, 0.1) is 13.8 Å². The number of fused-ring (bicyclic) bond motifs is 1. The molecule has 1 atom stereocenters. The van der Waals surface area contributed by atoms with E-state index in [-0.39, 0.29) is 6.04 Å². The molecule has 3 aromatic rings. The Morgan fingerprint density at radius 1 is 1.37 bits per heavy atom. The number of nitrogens with zero attached hydrogens (tertiary/aromatic N) is 4. The fourth-order valence-corrected chi connectivity index (χ4v) is 2.22. The zero-order valence-electron chi connectivity index (χ0n) is 11.1. The van der Waals surface area contributed by atoms with Crippen LogP contribution in [0.3, 0.4) is 0 Å². The van der Waals surface area contributed by atoms with Crippen molar-refractivity contribution in [2.75, 3.05) is 5.32 Å². The van der Waals surface area contributed by atoms with Crippen LogP contribution in [0.2, 0.25) is 0 Å². The van der Waals surface area contributed by atoms with Gasteiger partial charge in [-0.05, 0) is 26.8 Å². The van der Waals surface area contributed by atoms with Crippen molar-refractivity contribution in [3.63, 3.8) is 0 Å². The molecule has 0 amide bonds. The number of hydrogen-bond donors (Lipinski definition) is 1. The fourth-order valence-electron chi connectivity index (χ4n) is 2.22. The molecule has 0 aliphatic carbocycles. The second-order valence-corrected chi connectivity index (χ2v) is 4.57. The summed E-state index contributed by atoms with van der Waals surface area (Å²) in [5.41, 5.74) is 1.84. The highest BCUT2D eigenvalue weighted by molar-refractivity contribution is 5.62. The Morgan fingerprint density at radius 3 is 2.95 bits per heavy atom. The van der Waals surface area contributed by atoms with Gasteiger partial charge in [0.2, 0.25) is 5.65 Å². The highest BCUT2D eigenvalue weighted by atomic mass is 16.3. The lowest BCUT2D eigenvalue weighted by molar-refractivity contribution is 0.500. The molecule has 0 aromatic carbocycles. The molecule has 6 heteroatoms. The van der Waals surface area contributed by atoms with Gasteiger partial charge in [-0.3, -0.25) is 4.40 Å². The SMILES string of the molecule is Cc1cc(C(C)Nc2nccn3cnnc23)c(C)o1. The van der Waals surface area contributed by atoms with E-state index in [1.165, 1.54) is 0 Å². The summed E-state index contributed by atoms with van der Waals surface area (Å²) >= 11 is 0. The molecule has 0 fully saturated rings. The predicted molar refractivity (Wildman–Crippen MR) is 71.0 cm³/mol. The van der Waals surface area contributed by atoms with Crippen LogP contribution in [0.25, 0.3) is 5.65 Å². The molecule has 0 spiro atoms. The molecule has 0 aliphatic rings. The molecule has 3 aromatic heterocycles. The third-order valence-corrected chi connectivity index (χ3v) is 3.11. The summed E-state index contributed by atoms with van der Waals surface area (Å²) < 4.78 is 7.38. The average molecular weight is 257 g/mol. The first kappa shape index (κ1) is 11.7. The van der Waals surface area contributed by atoms with Gasteiger partial charge in [0, 0.05) is 18.0 Å². The predicted octanol–water partition coefficient (Wildman–Crippen LogP) is 2.51. The molecule has 1 unspecified atom stereocenters. The van der Waals surface area contributed by atoms with E-state index in [2.05, 4.69) is 27.4 Å². The monoisotopic (exact) mass is 257 g/mol. The first-order valence-corrected chi connectivity index (χ1v) is 6.13. The molecule has 0 aliphatic heterocycles. The van der Waals surface area contributed by atoms with Crippen molar-refractivity contribution in [2.24, 2.45) is 0 Å². The quantitative estimate of drug-likeness (QED) is 0.780. The molecule has 0 saturated heterocycles. The lowest BCUT2D eigenvalue weighted by Gasteiger charge is -2.13. The van der Waals surface area contributed by atoms with E-state index in [9.17, 15) is 0 Å². The normalized spacial score (nSPS) is 12.8. The largest absolute Gasteiger partial charge is 0.466 e. The topological polar surface area (TPSA) is 68.2 Å². The molecule has 0 radical (unpaired) electrons. The van der Waals surface area contributed by atoms with Gasteiger partial charge in [-0.15, -0.1) is 10.2 Å². The van der Waals surface area contributed by atoms with Gasteiger partial charge in [-0.1, -0.05) is 0 Å². The van der Waals surface area contributed by atoms with Crippen molar-refractivity contribution < 1.29 is 4.42 Å². The number of anilines is 1. The van der Waals surface area contributed by atoms with Gasteiger partial charge in [-0.2, -0.15) is 0 Å². The molecule has 19 heavy (non-hydrogen) atoms. The second-order valence-electron chi connectivity index (χ2n) is 4.57. The Kier molecular flexibility index (Phi) is 2.70. The van der Waals surface area contributed by atoms with E-state index < -0.39 is 0 Å². The van der Waals surface area contributed by atoms with Gasteiger partial charge in [-0.25, -0.2) is 4.98 Å². The summed E-state index contributed by atoms with van der Waals surface area (Å²) in [5.74, 6) is 2.55. The average Bonchev–Trinajstić information content (AvgIpc) is 2.96. The Morgan fingerprint density at radius 2 is 2.21 bits per heavy atom. The van der Waals surface area contributed by atoms with Gasteiger partial charge >= 0.3 is 0 Å². The molecule has 0 bridgehead atoms. The summed E-state index contributed by atoms with van der Waals surface area (Å²) in [6.45, 7) is 5.98. The molecule has 1 N–H and O–H groups in total. The van der Waals surface area contributed by atoms with Crippen molar-refractivity contribution in [2.45, 2.75) is 26.8 Å². The number of nitrogens with one attached hydrogen (secondary N) is 1. The lowest BCUT2D eigenvalue weighted by atomic mass is 10.1. The summed E-state index contributed by atoms with van der Waals surface area (Å²) in [7, 11) is 0. The third kappa shape index (κ3) is 2.05. The Balaban J connectivity index is 1.92. The number of aromatic nitrogens is 4. The van der Waals surface area contributed by atoms with Gasteiger partial charge in [0.15, 0.2) is 5.82 Å². The molecule has 98 valence electrons. The van der Waals surface area contributed by atoms with E-state index in [1.807, 2.05) is 30.5 Å². The maximum Gasteiger partial charge on any atom is 0.203 e. The van der Waals surface area contributed by atoms with E-state index in [4.69, 9.17) is 4.42 Å². The van der Waals surface area contributed by atoms with E-state index in [0.29, 0.717) is 11.5 Å². The molecule has 0 saturated carbocycles. The zero-order chi connectivity index (χ0) is 13.4. The molecule has 6 nitrogen and oxygen atoms in total. The first-order valence-electron chi connectivity index (χ1n) is 6.13. The van der Waals surface area contributed by atoms with E-state index in [0.717, 1.165) is 17.1 Å². The van der Waals surface area contributed by atoms with Crippen molar-refractivity contribution in [3.8, 4) is 0 Å². The standard InChI is InChI=1S/C13H15N5O/c1-8-6-11(10(3)19-8)9(2)16-12-13-17-15-7-18(13)5-4-14-12/h4-7,9H,1-3H3,(H,14,16). The maximum absolute atomic E-state index is 5.55. The van der Waals surface area contributed by atoms with Crippen molar-refractivity contribution in [3.05, 3.63) is 41.9 Å². The summed E-state index contributed by atoms with van der Waals surface area (Å²) in [5, 5.41) is 11.3. The van der Waals surface area contributed by atoms with Gasteiger partial charge < -0.3 is 9.73 Å². The number of hydrogen-bond acceptors (Lipinski definition) is 5. The lowest BCUT2D eigenvalue weighted by Crippen LogP contribution is -2.09. The van der Waals surface area contributed by atoms with Crippen molar-refractivity contribution in [1.82, 2.24) is 19.6 Å². The maximum atomic E-state index is 5.55. The number of rotatable bonds is 3. The summed E-state index contributed by atoms with van der Waals surface area (Å²) in [6.07, 6.45) is 5.19. The van der Waals surface area contributed by atoms with E-state index in [1.54, 1.807) is 12.5 Å². The van der Waals surface area contributed by atoms with Crippen LogP contribution >= 0.6 is 0 Å². The van der Waals surface area contributed by atoms with Crippen LogP contribution in [-0.2, 0) is 0 Å². The number of aryl methyl sites for hydroxylation is 2. The molecular formula is C13H15N5O. The zero-order valence-corrected chi connectivity index (χ0v) is 11.1. The van der Waals surface area contributed by atoms with Crippen LogP contribution in [0.1, 0.15) is 30.0 Å². The summed E-state index contributed by atoms with van der Waals surface area (Å²) in [4.78, 5) is 4.32. The molecule has 3 heterocycles. The van der Waals surface area contributed by atoms with Gasteiger partial charge in [0.1, 0.15) is 17.8 Å². The minimum Gasteiger partial charge on any atom is -0.466 e. The van der Waals surface area contributed by atoms with Crippen molar-refractivity contribution in [1.29, 1.82) is 0 Å². The molecular weight excluding hydrogens is 242 g/mol. The van der Waals surface area contributed by atoms with E-state index >= 15 is 0 Å². The number of furan rings is 1. The van der Waals surface area contributed by atoms with Crippen LogP contribution in [0.4, 0.5) is 5.82 Å². The van der Waals surface area contributed by atoms with Crippen LogP contribution in [0.5, 0.6) is 0 Å². The minimum absolute atomic E-state index is 0.0906. The van der Waals surface area contributed by atoms with Crippen LogP contribution in [-0.4, -0.2) is 19.6 Å².